The molecule has 0 saturated carbocycles. The standard InChI is InChI=1S/C14H10F4O3/c1-20-9-3-4-11(15)10(7-9)8-2-5-12(19)13(6-8)21-14(16,17)18/h2-7,19H,1H3. The van der Waals surface area contributed by atoms with Gasteiger partial charge >= 0.3 is 6.36 Å². The molecule has 21 heavy (non-hydrogen) atoms. The number of ether oxygens (including phenoxy) is 2. The Kier molecular flexibility index (Phi) is 3.93. The molecule has 1 N–H and O–H groups in total. The normalized spacial score (nSPS) is 11.3. The molecule has 0 fully saturated rings. The Morgan fingerprint density at radius 3 is 2.38 bits per heavy atom. The zero-order valence-corrected chi connectivity index (χ0v) is 10.7. The van der Waals surface area contributed by atoms with Gasteiger partial charge in [0.15, 0.2) is 11.5 Å². The summed E-state index contributed by atoms with van der Waals surface area (Å²) in [7, 11) is 1.38. The number of phenols is 1. The molecule has 0 atom stereocenters. The van der Waals surface area contributed by atoms with Crippen molar-refractivity contribution < 1.29 is 32.1 Å². The third-order valence-electron chi connectivity index (χ3n) is 2.67. The number of phenolic OH excluding ortho intramolecular Hbond substituents is 1. The lowest BCUT2D eigenvalue weighted by molar-refractivity contribution is -0.275. The van der Waals surface area contributed by atoms with Gasteiger partial charge in [-0.2, -0.15) is 0 Å². The molecular weight excluding hydrogens is 292 g/mol. The molecule has 0 amide bonds. The van der Waals surface area contributed by atoms with E-state index < -0.39 is 23.7 Å². The van der Waals surface area contributed by atoms with Gasteiger partial charge in [-0.15, -0.1) is 13.2 Å². The number of aromatic hydroxyl groups is 1. The first-order chi connectivity index (χ1) is 9.80. The van der Waals surface area contributed by atoms with Gasteiger partial charge in [-0.3, -0.25) is 0 Å². The largest absolute Gasteiger partial charge is 0.573 e. The molecule has 0 aromatic heterocycles. The van der Waals surface area contributed by atoms with Crippen LogP contribution in [-0.2, 0) is 0 Å². The van der Waals surface area contributed by atoms with E-state index in [0.29, 0.717) is 5.75 Å². The van der Waals surface area contributed by atoms with Gasteiger partial charge in [0.1, 0.15) is 11.6 Å². The van der Waals surface area contributed by atoms with Crippen LogP contribution in [0.3, 0.4) is 0 Å². The number of hydrogen-bond donors (Lipinski definition) is 1. The summed E-state index contributed by atoms with van der Waals surface area (Å²) >= 11 is 0. The SMILES string of the molecule is COc1ccc(F)c(-c2ccc(O)c(OC(F)(F)F)c2)c1. The summed E-state index contributed by atoms with van der Waals surface area (Å²) in [6.45, 7) is 0. The van der Waals surface area contributed by atoms with Gasteiger partial charge in [-0.05, 0) is 35.9 Å². The second kappa shape index (κ2) is 5.51. The van der Waals surface area contributed by atoms with E-state index in [9.17, 15) is 22.7 Å². The summed E-state index contributed by atoms with van der Waals surface area (Å²) in [6.07, 6.45) is -4.96. The Morgan fingerprint density at radius 2 is 1.76 bits per heavy atom. The predicted molar refractivity (Wildman–Crippen MR) is 66.7 cm³/mol. The van der Waals surface area contributed by atoms with Crippen LogP contribution in [0, 0.1) is 5.82 Å². The van der Waals surface area contributed by atoms with E-state index in [4.69, 9.17) is 4.74 Å². The average Bonchev–Trinajstić information content (AvgIpc) is 2.40. The smallest absolute Gasteiger partial charge is 0.504 e. The first kappa shape index (κ1) is 15.0. The van der Waals surface area contributed by atoms with E-state index in [1.54, 1.807) is 0 Å². The molecule has 2 aromatic rings. The van der Waals surface area contributed by atoms with Crippen LogP contribution in [0.5, 0.6) is 17.2 Å². The highest BCUT2D eigenvalue weighted by Crippen LogP contribution is 2.36. The van der Waals surface area contributed by atoms with Gasteiger partial charge in [0.05, 0.1) is 7.11 Å². The van der Waals surface area contributed by atoms with E-state index in [1.807, 2.05) is 0 Å². The molecule has 3 nitrogen and oxygen atoms in total. The fraction of sp³-hybridized carbons (Fsp3) is 0.143. The van der Waals surface area contributed by atoms with Gasteiger partial charge in [0.25, 0.3) is 0 Å². The molecule has 2 aromatic carbocycles. The topological polar surface area (TPSA) is 38.7 Å². The van der Waals surface area contributed by atoms with Crippen LogP contribution in [0.2, 0.25) is 0 Å². The number of benzene rings is 2. The molecule has 0 heterocycles. The quantitative estimate of drug-likeness (QED) is 0.867. The Hall–Kier alpha value is -2.44. The predicted octanol–water partition coefficient (Wildman–Crippen LogP) is 4.11. The monoisotopic (exact) mass is 302 g/mol. The fourth-order valence-electron chi connectivity index (χ4n) is 1.74. The van der Waals surface area contributed by atoms with Crippen molar-refractivity contribution in [2.24, 2.45) is 0 Å². The van der Waals surface area contributed by atoms with Crippen molar-refractivity contribution in [3.8, 4) is 28.4 Å². The van der Waals surface area contributed by atoms with Crippen molar-refractivity contribution in [3.63, 3.8) is 0 Å². The van der Waals surface area contributed by atoms with Crippen molar-refractivity contribution in [2.75, 3.05) is 7.11 Å². The Bertz CT molecular complexity index is 653. The summed E-state index contributed by atoms with van der Waals surface area (Å²) in [6, 6.07) is 7.02. The van der Waals surface area contributed by atoms with Crippen molar-refractivity contribution in [1.82, 2.24) is 0 Å². The van der Waals surface area contributed by atoms with Crippen LogP contribution in [-0.4, -0.2) is 18.6 Å². The van der Waals surface area contributed by atoms with Crippen molar-refractivity contribution in [2.45, 2.75) is 6.36 Å². The number of rotatable bonds is 3. The number of alkyl halides is 3. The first-order valence-corrected chi connectivity index (χ1v) is 5.73. The molecule has 2 rings (SSSR count). The van der Waals surface area contributed by atoms with Gasteiger partial charge in [-0.1, -0.05) is 6.07 Å². The lowest BCUT2D eigenvalue weighted by Gasteiger charge is -2.12. The van der Waals surface area contributed by atoms with Crippen LogP contribution in [0.25, 0.3) is 11.1 Å². The highest BCUT2D eigenvalue weighted by molar-refractivity contribution is 5.69. The maximum Gasteiger partial charge on any atom is 0.573 e. The van der Waals surface area contributed by atoms with E-state index in [2.05, 4.69) is 4.74 Å². The van der Waals surface area contributed by atoms with Gasteiger partial charge in [0, 0.05) is 5.56 Å². The van der Waals surface area contributed by atoms with Gasteiger partial charge in [-0.25, -0.2) is 4.39 Å². The molecule has 112 valence electrons. The van der Waals surface area contributed by atoms with Gasteiger partial charge in [0.2, 0.25) is 0 Å². The third-order valence-corrected chi connectivity index (χ3v) is 2.67. The fourth-order valence-corrected chi connectivity index (χ4v) is 1.74. The Balaban J connectivity index is 2.48. The van der Waals surface area contributed by atoms with Crippen molar-refractivity contribution in [1.29, 1.82) is 0 Å². The van der Waals surface area contributed by atoms with Gasteiger partial charge < -0.3 is 14.6 Å². The third kappa shape index (κ3) is 3.56. The van der Waals surface area contributed by atoms with Crippen LogP contribution in [0.4, 0.5) is 17.6 Å². The van der Waals surface area contributed by atoms with E-state index in [0.717, 1.165) is 18.2 Å². The lowest BCUT2D eigenvalue weighted by Crippen LogP contribution is -2.17. The van der Waals surface area contributed by atoms with Crippen LogP contribution >= 0.6 is 0 Å². The minimum atomic E-state index is -4.96. The second-order valence-corrected chi connectivity index (χ2v) is 4.08. The Morgan fingerprint density at radius 1 is 1.05 bits per heavy atom. The summed E-state index contributed by atoms with van der Waals surface area (Å²) < 4.78 is 59.1. The molecule has 0 spiro atoms. The zero-order chi connectivity index (χ0) is 15.6. The number of methoxy groups -OCH3 is 1. The molecule has 0 radical (unpaired) electrons. The molecule has 0 unspecified atom stereocenters. The summed E-state index contributed by atoms with van der Waals surface area (Å²) in [5, 5.41) is 9.37. The summed E-state index contributed by atoms with van der Waals surface area (Å²) in [4.78, 5) is 0. The van der Waals surface area contributed by atoms with Crippen LogP contribution in [0.15, 0.2) is 36.4 Å². The maximum absolute atomic E-state index is 13.8. The minimum Gasteiger partial charge on any atom is -0.504 e. The van der Waals surface area contributed by atoms with E-state index in [-0.39, 0.29) is 11.1 Å². The molecule has 0 saturated heterocycles. The average molecular weight is 302 g/mol. The highest BCUT2D eigenvalue weighted by Gasteiger charge is 2.32. The zero-order valence-electron chi connectivity index (χ0n) is 10.7. The second-order valence-electron chi connectivity index (χ2n) is 4.08. The number of hydrogen-bond acceptors (Lipinski definition) is 3. The van der Waals surface area contributed by atoms with Crippen molar-refractivity contribution >= 4 is 0 Å². The minimum absolute atomic E-state index is 0.0291. The Labute approximate surface area is 117 Å². The molecule has 7 heteroatoms. The maximum atomic E-state index is 13.8. The molecule has 0 aliphatic carbocycles. The van der Waals surface area contributed by atoms with Crippen LogP contribution < -0.4 is 9.47 Å². The highest BCUT2D eigenvalue weighted by atomic mass is 19.4. The summed E-state index contributed by atoms with van der Waals surface area (Å²) in [5.74, 6) is -1.79. The molecule has 0 bridgehead atoms. The lowest BCUT2D eigenvalue weighted by atomic mass is 10.0. The first-order valence-electron chi connectivity index (χ1n) is 5.73. The van der Waals surface area contributed by atoms with E-state index >= 15 is 0 Å². The van der Waals surface area contributed by atoms with Crippen molar-refractivity contribution in [3.05, 3.63) is 42.2 Å². The van der Waals surface area contributed by atoms with E-state index in [1.165, 1.54) is 25.3 Å². The summed E-state index contributed by atoms with van der Waals surface area (Å²) in [5.41, 5.74) is 0.143. The molecule has 0 aliphatic heterocycles. The number of halogens is 4. The molecule has 0 aliphatic rings. The molecular formula is C14H10F4O3. The van der Waals surface area contributed by atoms with Crippen LogP contribution in [0.1, 0.15) is 0 Å².